The number of esters is 1. The fraction of sp³-hybridized carbons (Fsp3) is 0.300. The van der Waals surface area contributed by atoms with Crippen LogP contribution in [0.3, 0.4) is 0 Å². The van der Waals surface area contributed by atoms with Crippen LogP contribution in [0.2, 0.25) is 5.02 Å². The predicted octanol–water partition coefficient (Wildman–Crippen LogP) is 3.13. The molecule has 29 heavy (non-hydrogen) atoms. The molecule has 2 rings (SSSR count). The van der Waals surface area contributed by atoms with Crippen molar-refractivity contribution in [3.63, 3.8) is 0 Å². The van der Waals surface area contributed by atoms with E-state index in [9.17, 15) is 14.4 Å². The average molecular weight is 418 g/mol. The van der Waals surface area contributed by atoms with Crippen LogP contribution in [-0.2, 0) is 14.3 Å². The third kappa shape index (κ3) is 5.83. The Morgan fingerprint density at radius 1 is 1.21 bits per heavy atom. The lowest BCUT2D eigenvalue weighted by Gasteiger charge is -2.22. The number of hydrogen-bond donors (Lipinski definition) is 2. The van der Waals surface area contributed by atoms with Gasteiger partial charge in [0.2, 0.25) is 0 Å². The minimum absolute atomic E-state index is 0.0620. The van der Waals surface area contributed by atoms with E-state index in [1.54, 1.807) is 19.9 Å². The molecule has 0 aliphatic heterocycles. The Labute approximate surface area is 172 Å². The molecule has 0 saturated heterocycles. The molecule has 2 atom stereocenters. The highest BCUT2D eigenvalue weighted by Crippen LogP contribution is 2.20. The fourth-order valence-electron chi connectivity index (χ4n) is 2.35. The van der Waals surface area contributed by atoms with E-state index >= 15 is 0 Å². The first-order valence-electron chi connectivity index (χ1n) is 8.78. The van der Waals surface area contributed by atoms with Crippen LogP contribution in [0.25, 0.3) is 0 Å². The highest BCUT2D eigenvalue weighted by atomic mass is 35.5. The molecular formula is C20H20ClN3O5. The highest BCUT2D eigenvalue weighted by molar-refractivity contribution is 6.32. The van der Waals surface area contributed by atoms with Crippen LogP contribution < -0.4 is 10.6 Å². The van der Waals surface area contributed by atoms with Gasteiger partial charge in [-0.1, -0.05) is 25.4 Å². The molecule has 9 heteroatoms. The summed E-state index contributed by atoms with van der Waals surface area (Å²) in [5, 5.41) is 14.2. The Kier molecular flexibility index (Phi) is 7.39. The molecule has 8 nitrogen and oxygen atoms in total. The lowest BCUT2D eigenvalue weighted by molar-refractivity contribution is -0.156. The van der Waals surface area contributed by atoms with Crippen molar-refractivity contribution < 1.29 is 23.5 Å². The van der Waals surface area contributed by atoms with Crippen molar-refractivity contribution in [1.29, 1.82) is 5.26 Å². The summed E-state index contributed by atoms with van der Waals surface area (Å²) in [5.74, 6) is -2.12. The van der Waals surface area contributed by atoms with Gasteiger partial charge in [-0.2, -0.15) is 5.26 Å². The molecule has 0 aliphatic carbocycles. The summed E-state index contributed by atoms with van der Waals surface area (Å²) >= 11 is 5.94. The number of carbonyl (C=O) groups is 3. The summed E-state index contributed by atoms with van der Waals surface area (Å²) < 4.78 is 10.2. The van der Waals surface area contributed by atoms with Crippen molar-refractivity contribution in [1.82, 2.24) is 5.32 Å². The van der Waals surface area contributed by atoms with Crippen molar-refractivity contribution in [3.05, 3.63) is 52.9 Å². The monoisotopic (exact) mass is 417 g/mol. The molecule has 0 radical (unpaired) electrons. The molecule has 152 valence electrons. The summed E-state index contributed by atoms with van der Waals surface area (Å²) in [6.07, 6.45) is 0.220. The SMILES string of the molecule is CC(C)[C@H](NC(=O)c1ccco1)C(=O)O[C@H](C)C(=O)Nc1ccc(C#N)c(Cl)c1. The molecule has 0 fully saturated rings. The molecule has 2 aromatic rings. The van der Waals surface area contributed by atoms with Gasteiger partial charge in [-0.3, -0.25) is 9.59 Å². The number of benzene rings is 1. The number of rotatable bonds is 7. The Balaban J connectivity index is 1.99. The fourth-order valence-corrected chi connectivity index (χ4v) is 2.57. The molecule has 0 unspecified atom stereocenters. The highest BCUT2D eigenvalue weighted by Gasteiger charge is 2.30. The number of furan rings is 1. The Hall–Kier alpha value is -3.31. The van der Waals surface area contributed by atoms with Crippen molar-refractivity contribution in [2.45, 2.75) is 32.9 Å². The van der Waals surface area contributed by atoms with Gasteiger partial charge in [0.05, 0.1) is 16.8 Å². The maximum absolute atomic E-state index is 12.5. The maximum atomic E-state index is 12.5. The van der Waals surface area contributed by atoms with Crippen LogP contribution in [0.4, 0.5) is 5.69 Å². The van der Waals surface area contributed by atoms with Crippen molar-refractivity contribution in [2.75, 3.05) is 5.32 Å². The van der Waals surface area contributed by atoms with Crippen LogP contribution in [0.5, 0.6) is 0 Å². The second kappa shape index (κ2) is 9.75. The maximum Gasteiger partial charge on any atom is 0.329 e. The summed E-state index contributed by atoms with van der Waals surface area (Å²) in [7, 11) is 0. The normalized spacial score (nSPS) is 12.6. The molecule has 0 aliphatic rings. The Morgan fingerprint density at radius 3 is 2.48 bits per heavy atom. The minimum Gasteiger partial charge on any atom is -0.459 e. The predicted molar refractivity (Wildman–Crippen MR) is 105 cm³/mol. The largest absolute Gasteiger partial charge is 0.459 e. The third-order valence-corrected chi connectivity index (χ3v) is 4.28. The van der Waals surface area contributed by atoms with Crippen LogP contribution in [-0.4, -0.2) is 29.9 Å². The smallest absolute Gasteiger partial charge is 0.329 e. The summed E-state index contributed by atoms with van der Waals surface area (Å²) in [6, 6.07) is 8.38. The summed E-state index contributed by atoms with van der Waals surface area (Å²) in [4.78, 5) is 36.9. The van der Waals surface area contributed by atoms with E-state index in [0.29, 0.717) is 5.69 Å². The molecule has 2 N–H and O–H groups in total. The Bertz CT molecular complexity index is 934. The van der Waals surface area contributed by atoms with E-state index in [0.717, 1.165) is 0 Å². The molecule has 1 aromatic heterocycles. The number of hydrogen-bond acceptors (Lipinski definition) is 6. The van der Waals surface area contributed by atoms with E-state index in [-0.39, 0.29) is 22.3 Å². The second-order valence-corrected chi connectivity index (χ2v) is 6.95. The molecule has 0 bridgehead atoms. The van der Waals surface area contributed by atoms with Crippen molar-refractivity contribution in [3.8, 4) is 6.07 Å². The van der Waals surface area contributed by atoms with Gasteiger partial charge in [0.1, 0.15) is 12.1 Å². The molecule has 0 spiro atoms. The molecule has 1 aromatic carbocycles. The number of amides is 2. The topological polar surface area (TPSA) is 121 Å². The first-order valence-corrected chi connectivity index (χ1v) is 9.16. The van der Waals surface area contributed by atoms with Crippen LogP contribution in [0, 0.1) is 17.2 Å². The van der Waals surface area contributed by atoms with Gasteiger partial charge in [-0.15, -0.1) is 0 Å². The van der Waals surface area contributed by atoms with Gasteiger partial charge in [-0.25, -0.2) is 4.79 Å². The lowest BCUT2D eigenvalue weighted by atomic mass is 10.0. The van der Waals surface area contributed by atoms with E-state index in [1.165, 1.54) is 37.5 Å². The zero-order valence-corrected chi connectivity index (χ0v) is 16.8. The number of anilines is 1. The van der Waals surface area contributed by atoms with Gasteiger partial charge in [-0.05, 0) is 43.2 Å². The molecule has 0 saturated carbocycles. The molecular weight excluding hydrogens is 398 g/mol. The van der Waals surface area contributed by atoms with Gasteiger partial charge >= 0.3 is 5.97 Å². The van der Waals surface area contributed by atoms with Crippen molar-refractivity contribution in [2.24, 2.45) is 5.92 Å². The summed E-state index contributed by atoms with van der Waals surface area (Å²) in [5.41, 5.74) is 0.629. The van der Waals surface area contributed by atoms with Crippen molar-refractivity contribution >= 4 is 35.1 Å². The second-order valence-electron chi connectivity index (χ2n) is 6.55. The van der Waals surface area contributed by atoms with E-state index in [4.69, 9.17) is 26.0 Å². The van der Waals surface area contributed by atoms with Crippen LogP contribution in [0.1, 0.15) is 36.9 Å². The number of nitriles is 1. The number of halogens is 1. The van der Waals surface area contributed by atoms with Gasteiger partial charge < -0.3 is 19.8 Å². The first-order chi connectivity index (χ1) is 13.7. The number of ether oxygens (including phenoxy) is 1. The zero-order valence-electron chi connectivity index (χ0n) is 16.1. The Morgan fingerprint density at radius 2 is 1.93 bits per heavy atom. The average Bonchev–Trinajstić information content (AvgIpc) is 3.20. The quantitative estimate of drug-likeness (QED) is 0.667. The zero-order chi connectivity index (χ0) is 21.6. The molecule has 2 amide bonds. The van der Waals surface area contributed by atoms with Gasteiger partial charge in [0.15, 0.2) is 11.9 Å². The summed E-state index contributed by atoms with van der Waals surface area (Å²) in [6.45, 7) is 4.87. The standard InChI is InChI=1S/C20H20ClN3O5/c1-11(2)17(24-19(26)16-5-4-8-28-16)20(27)29-12(3)18(25)23-14-7-6-13(10-22)15(21)9-14/h4-9,11-12,17H,1-3H3,(H,23,25)(H,24,26)/t12-,17+/m1/s1. The number of nitrogens with zero attached hydrogens (tertiary/aromatic N) is 1. The van der Waals surface area contributed by atoms with E-state index < -0.39 is 29.9 Å². The minimum atomic E-state index is -1.13. The number of nitrogens with one attached hydrogen (secondary N) is 2. The van der Waals surface area contributed by atoms with Gasteiger partial charge in [0.25, 0.3) is 11.8 Å². The molecule has 1 heterocycles. The third-order valence-electron chi connectivity index (χ3n) is 3.97. The first kappa shape index (κ1) is 22.0. The van der Waals surface area contributed by atoms with Crippen LogP contribution in [0.15, 0.2) is 41.0 Å². The van der Waals surface area contributed by atoms with Crippen LogP contribution >= 0.6 is 11.6 Å². The van der Waals surface area contributed by atoms with E-state index in [2.05, 4.69) is 10.6 Å². The van der Waals surface area contributed by atoms with Gasteiger partial charge in [0, 0.05) is 5.69 Å². The van der Waals surface area contributed by atoms with E-state index in [1.807, 2.05) is 6.07 Å². The number of carbonyl (C=O) groups excluding carboxylic acids is 3. The lowest BCUT2D eigenvalue weighted by Crippen LogP contribution is -2.47.